The summed E-state index contributed by atoms with van der Waals surface area (Å²) in [6.45, 7) is 5.91. The van der Waals surface area contributed by atoms with Gasteiger partial charge in [0.2, 0.25) is 0 Å². The summed E-state index contributed by atoms with van der Waals surface area (Å²) < 4.78 is 10.9. The Balaban J connectivity index is 1.87. The molecule has 1 saturated heterocycles. The third kappa shape index (κ3) is 4.82. The molecule has 36 heavy (non-hydrogen) atoms. The van der Waals surface area contributed by atoms with Gasteiger partial charge in [0.1, 0.15) is 17.3 Å². The van der Waals surface area contributed by atoms with Crippen LogP contribution in [0.4, 0.5) is 5.69 Å². The predicted molar refractivity (Wildman–Crippen MR) is 141 cm³/mol. The molecule has 0 aromatic heterocycles. The number of hydrogen-bond donors (Lipinski definition) is 1. The van der Waals surface area contributed by atoms with Crippen molar-refractivity contribution in [1.82, 2.24) is 0 Å². The van der Waals surface area contributed by atoms with Gasteiger partial charge >= 0.3 is 0 Å². The molecule has 1 unspecified atom stereocenters. The minimum absolute atomic E-state index is 0.00141. The second kappa shape index (κ2) is 10.5. The largest absolute Gasteiger partial charge is 0.507 e. The molecule has 0 spiro atoms. The number of halogens is 1. The van der Waals surface area contributed by atoms with E-state index in [2.05, 4.69) is 6.92 Å². The van der Waals surface area contributed by atoms with Crippen molar-refractivity contribution in [3.05, 3.63) is 94.0 Å². The highest BCUT2D eigenvalue weighted by Crippen LogP contribution is 2.43. The highest BCUT2D eigenvalue weighted by Gasteiger charge is 2.47. The van der Waals surface area contributed by atoms with Crippen LogP contribution in [0.1, 0.15) is 43.5 Å². The SMILES string of the molecule is CCc1ccc(C2/C(=C(/O)c3ccc(OC)c(Cl)c3)C(=O)C(=O)N2c2ccc(OC(C)C)cc2)cc1. The van der Waals surface area contributed by atoms with E-state index < -0.39 is 17.7 Å². The molecule has 0 aliphatic carbocycles. The monoisotopic (exact) mass is 505 g/mol. The molecule has 3 aromatic carbocycles. The number of nitrogens with zero attached hydrogens (tertiary/aromatic N) is 1. The maximum Gasteiger partial charge on any atom is 0.300 e. The van der Waals surface area contributed by atoms with Crippen molar-refractivity contribution < 1.29 is 24.2 Å². The van der Waals surface area contributed by atoms with Crippen LogP contribution in [0.2, 0.25) is 5.02 Å². The van der Waals surface area contributed by atoms with Crippen molar-refractivity contribution in [3.63, 3.8) is 0 Å². The molecule has 1 aliphatic heterocycles. The fourth-order valence-corrected chi connectivity index (χ4v) is 4.53. The number of anilines is 1. The topological polar surface area (TPSA) is 76.1 Å². The van der Waals surface area contributed by atoms with Crippen molar-refractivity contribution >= 4 is 34.7 Å². The summed E-state index contributed by atoms with van der Waals surface area (Å²) in [6.07, 6.45) is 0.848. The Kier molecular flexibility index (Phi) is 7.36. The third-order valence-electron chi connectivity index (χ3n) is 6.06. The zero-order chi connectivity index (χ0) is 26.0. The molecule has 7 heteroatoms. The molecule has 1 N–H and O–H groups in total. The van der Waals surface area contributed by atoms with Gasteiger partial charge in [-0.05, 0) is 73.9 Å². The standard InChI is InChI=1S/C29H28ClNO5/c1-5-18-6-8-19(9-7-18)26-25(27(32)20-10-15-24(35-4)23(30)16-20)28(33)29(34)31(26)21-11-13-22(14-12-21)36-17(2)3/h6-17,26,32H,5H2,1-4H3/b27-25-. The lowest BCUT2D eigenvalue weighted by atomic mass is 9.94. The van der Waals surface area contributed by atoms with Gasteiger partial charge in [-0.3, -0.25) is 14.5 Å². The number of ether oxygens (including phenoxy) is 2. The van der Waals surface area contributed by atoms with Crippen molar-refractivity contribution in [2.24, 2.45) is 0 Å². The van der Waals surface area contributed by atoms with Crippen LogP contribution in [0.5, 0.6) is 11.5 Å². The smallest absolute Gasteiger partial charge is 0.300 e. The van der Waals surface area contributed by atoms with Crippen molar-refractivity contribution in [3.8, 4) is 11.5 Å². The fraction of sp³-hybridized carbons (Fsp3) is 0.241. The molecule has 4 rings (SSSR count). The highest BCUT2D eigenvalue weighted by molar-refractivity contribution is 6.51. The quantitative estimate of drug-likeness (QED) is 0.231. The molecule has 1 heterocycles. The Labute approximate surface area is 215 Å². The number of aliphatic hydroxyl groups is 1. The Morgan fingerprint density at radius 2 is 1.69 bits per heavy atom. The van der Waals surface area contributed by atoms with Crippen LogP contribution in [-0.2, 0) is 16.0 Å². The number of aryl methyl sites for hydroxylation is 1. The first-order valence-electron chi connectivity index (χ1n) is 11.8. The number of ketones is 1. The van der Waals surface area contributed by atoms with Gasteiger partial charge in [-0.15, -0.1) is 0 Å². The van der Waals surface area contributed by atoms with Gasteiger partial charge in [0.25, 0.3) is 11.7 Å². The van der Waals surface area contributed by atoms with E-state index in [4.69, 9.17) is 21.1 Å². The predicted octanol–water partition coefficient (Wildman–Crippen LogP) is 6.32. The second-order valence-corrected chi connectivity index (χ2v) is 9.18. The Morgan fingerprint density at radius 1 is 1.03 bits per heavy atom. The minimum atomic E-state index is -0.825. The fourth-order valence-electron chi connectivity index (χ4n) is 4.28. The number of aliphatic hydroxyl groups excluding tert-OH is 1. The maximum absolute atomic E-state index is 13.3. The number of hydrogen-bond acceptors (Lipinski definition) is 5. The molecule has 0 saturated carbocycles. The molecule has 0 radical (unpaired) electrons. The third-order valence-corrected chi connectivity index (χ3v) is 6.36. The van der Waals surface area contributed by atoms with Gasteiger partial charge in [-0.2, -0.15) is 0 Å². The number of Topliss-reactive ketones (excluding diaryl/α,β-unsaturated/α-hetero) is 1. The summed E-state index contributed by atoms with van der Waals surface area (Å²) in [5, 5.41) is 11.6. The van der Waals surface area contributed by atoms with Crippen molar-refractivity contribution in [1.29, 1.82) is 0 Å². The Morgan fingerprint density at radius 3 is 2.25 bits per heavy atom. The van der Waals surface area contributed by atoms with Crippen LogP contribution < -0.4 is 14.4 Å². The first-order valence-corrected chi connectivity index (χ1v) is 12.1. The van der Waals surface area contributed by atoms with Gasteiger partial charge in [-0.25, -0.2) is 0 Å². The summed E-state index contributed by atoms with van der Waals surface area (Å²) >= 11 is 6.27. The molecule has 3 aromatic rings. The van der Waals surface area contributed by atoms with Gasteiger partial charge in [0.05, 0.1) is 29.9 Å². The number of amides is 1. The van der Waals surface area contributed by atoms with E-state index in [0.29, 0.717) is 28.3 Å². The Hall–Kier alpha value is -3.77. The molecular weight excluding hydrogens is 478 g/mol. The van der Waals surface area contributed by atoms with E-state index in [1.807, 2.05) is 38.1 Å². The van der Waals surface area contributed by atoms with Crippen LogP contribution >= 0.6 is 11.6 Å². The first kappa shape index (κ1) is 25.3. The molecule has 1 amide bonds. The molecule has 1 fully saturated rings. The summed E-state index contributed by atoms with van der Waals surface area (Å²) in [5.74, 6) is -0.708. The van der Waals surface area contributed by atoms with Gasteiger partial charge in [0, 0.05) is 11.3 Å². The van der Waals surface area contributed by atoms with Crippen LogP contribution in [0.15, 0.2) is 72.3 Å². The zero-order valence-electron chi connectivity index (χ0n) is 20.6. The van der Waals surface area contributed by atoms with Gasteiger partial charge in [-0.1, -0.05) is 42.8 Å². The lowest BCUT2D eigenvalue weighted by Crippen LogP contribution is -2.29. The summed E-state index contributed by atoms with van der Waals surface area (Å²) in [7, 11) is 1.49. The van der Waals surface area contributed by atoms with E-state index in [9.17, 15) is 14.7 Å². The van der Waals surface area contributed by atoms with E-state index in [1.54, 1.807) is 36.4 Å². The van der Waals surface area contributed by atoms with Crippen LogP contribution in [0.25, 0.3) is 5.76 Å². The van der Waals surface area contributed by atoms with Gasteiger partial charge < -0.3 is 14.6 Å². The number of carbonyl (C=O) groups is 2. The Bertz CT molecular complexity index is 1310. The van der Waals surface area contributed by atoms with Crippen LogP contribution in [0, 0.1) is 0 Å². The van der Waals surface area contributed by atoms with Crippen LogP contribution in [-0.4, -0.2) is 30.0 Å². The second-order valence-electron chi connectivity index (χ2n) is 8.77. The molecule has 186 valence electrons. The van der Waals surface area contributed by atoms with Crippen molar-refractivity contribution in [2.45, 2.75) is 39.3 Å². The van der Waals surface area contributed by atoms with Gasteiger partial charge in [0.15, 0.2) is 0 Å². The normalized spacial score (nSPS) is 17.1. The molecule has 1 atom stereocenters. The molecule has 6 nitrogen and oxygen atoms in total. The number of benzene rings is 3. The number of carbonyl (C=O) groups excluding carboxylic acids is 2. The molecule has 0 bridgehead atoms. The maximum atomic E-state index is 13.3. The average Bonchev–Trinajstić information content (AvgIpc) is 3.14. The van der Waals surface area contributed by atoms with E-state index in [0.717, 1.165) is 12.0 Å². The molecular formula is C29H28ClNO5. The summed E-state index contributed by atoms with van der Waals surface area (Å²) in [5.41, 5.74) is 2.65. The van der Waals surface area contributed by atoms with Crippen LogP contribution in [0.3, 0.4) is 0 Å². The van der Waals surface area contributed by atoms with Crippen molar-refractivity contribution in [2.75, 3.05) is 12.0 Å². The molecule has 1 aliphatic rings. The average molecular weight is 506 g/mol. The first-order chi connectivity index (χ1) is 17.2. The lowest BCUT2D eigenvalue weighted by molar-refractivity contribution is -0.132. The number of methoxy groups -OCH3 is 1. The zero-order valence-corrected chi connectivity index (χ0v) is 21.4. The van der Waals surface area contributed by atoms with E-state index in [-0.39, 0.29) is 22.5 Å². The van der Waals surface area contributed by atoms with E-state index in [1.165, 1.54) is 18.1 Å². The summed E-state index contributed by atoms with van der Waals surface area (Å²) in [6, 6.07) is 18.6. The minimum Gasteiger partial charge on any atom is -0.507 e. The lowest BCUT2D eigenvalue weighted by Gasteiger charge is -2.26. The number of rotatable bonds is 7. The van der Waals surface area contributed by atoms with E-state index >= 15 is 0 Å². The summed E-state index contributed by atoms with van der Waals surface area (Å²) in [4.78, 5) is 28.1. The highest BCUT2D eigenvalue weighted by atomic mass is 35.5.